The summed E-state index contributed by atoms with van der Waals surface area (Å²) < 4.78 is 16.8. The van der Waals surface area contributed by atoms with E-state index in [9.17, 15) is 0 Å². The highest BCUT2D eigenvalue weighted by Gasteiger charge is 2.14. The predicted octanol–water partition coefficient (Wildman–Crippen LogP) is 4.41. The Balaban J connectivity index is 1.55. The van der Waals surface area contributed by atoms with E-state index in [4.69, 9.17) is 14.2 Å². The first-order valence-corrected chi connectivity index (χ1v) is 8.51. The third-order valence-corrected chi connectivity index (χ3v) is 4.44. The number of aryl methyl sites for hydroxylation is 1. The summed E-state index contributed by atoms with van der Waals surface area (Å²) in [6, 6.07) is 17.7. The standard InChI is InChI=1S/C21H20N2O3/c1-14-5-3-7-18(22-2)16(14)12-24-21-8-4-6-17(23-21)15-9-10-19-20(11-15)26-13-25-19/h3-11,22H,12-13H2,1-2H3. The summed E-state index contributed by atoms with van der Waals surface area (Å²) in [5.41, 5.74) is 5.18. The molecule has 1 aliphatic rings. The molecule has 1 aliphatic heterocycles. The molecule has 0 saturated carbocycles. The summed E-state index contributed by atoms with van der Waals surface area (Å²) in [4.78, 5) is 4.63. The molecule has 1 aromatic heterocycles. The molecule has 2 heterocycles. The van der Waals surface area contributed by atoms with Crippen molar-refractivity contribution in [2.75, 3.05) is 19.2 Å². The van der Waals surface area contributed by atoms with E-state index in [1.54, 1.807) is 0 Å². The van der Waals surface area contributed by atoms with Gasteiger partial charge in [0, 0.05) is 29.9 Å². The van der Waals surface area contributed by atoms with Gasteiger partial charge in [0.25, 0.3) is 0 Å². The minimum Gasteiger partial charge on any atom is -0.473 e. The number of pyridine rings is 1. The second-order valence-electron chi connectivity index (χ2n) is 6.07. The topological polar surface area (TPSA) is 52.6 Å². The molecule has 1 N–H and O–H groups in total. The first kappa shape index (κ1) is 16.3. The van der Waals surface area contributed by atoms with Crippen LogP contribution in [-0.4, -0.2) is 18.8 Å². The van der Waals surface area contributed by atoms with Crippen LogP contribution in [0.25, 0.3) is 11.3 Å². The molecule has 2 aromatic carbocycles. The van der Waals surface area contributed by atoms with E-state index in [1.807, 2.05) is 55.6 Å². The van der Waals surface area contributed by atoms with Crippen LogP contribution in [0.3, 0.4) is 0 Å². The summed E-state index contributed by atoms with van der Waals surface area (Å²) in [5, 5.41) is 3.21. The second kappa shape index (κ2) is 6.96. The van der Waals surface area contributed by atoms with Crippen molar-refractivity contribution in [2.45, 2.75) is 13.5 Å². The highest BCUT2D eigenvalue weighted by atomic mass is 16.7. The number of fused-ring (bicyclic) bond motifs is 1. The van der Waals surface area contributed by atoms with Crippen molar-refractivity contribution in [3.63, 3.8) is 0 Å². The Kier molecular flexibility index (Phi) is 4.35. The average Bonchev–Trinajstić information content (AvgIpc) is 3.15. The van der Waals surface area contributed by atoms with Crippen LogP contribution in [0.2, 0.25) is 0 Å². The van der Waals surface area contributed by atoms with Gasteiger partial charge in [-0.15, -0.1) is 0 Å². The van der Waals surface area contributed by atoms with E-state index >= 15 is 0 Å². The van der Waals surface area contributed by atoms with Crippen molar-refractivity contribution < 1.29 is 14.2 Å². The maximum absolute atomic E-state index is 5.96. The Hall–Kier alpha value is -3.21. The molecule has 5 nitrogen and oxygen atoms in total. The lowest BCUT2D eigenvalue weighted by molar-refractivity contribution is 0.174. The first-order chi connectivity index (χ1) is 12.7. The van der Waals surface area contributed by atoms with E-state index in [0.717, 1.165) is 34.0 Å². The monoisotopic (exact) mass is 348 g/mol. The molecule has 0 radical (unpaired) electrons. The van der Waals surface area contributed by atoms with Crippen molar-refractivity contribution in [3.8, 4) is 28.6 Å². The van der Waals surface area contributed by atoms with Crippen LogP contribution in [0.4, 0.5) is 5.69 Å². The van der Waals surface area contributed by atoms with Gasteiger partial charge in [0.2, 0.25) is 12.7 Å². The highest BCUT2D eigenvalue weighted by Crippen LogP contribution is 2.35. The Morgan fingerprint density at radius 2 is 1.88 bits per heavy atom. The van der Waals surface area contributed by atoms with Crippen molar-refractivity contribution in [1.82, 2.24) is 4.98 Å². The van der Waals surface area contributed by atoms with Crippen molar-refractivity contribution in [3.05, 3.63) is 65.7 Å². The zero-order chi connectivity index (χ0) is 17.9. The van der Waals surface area contributed by atoms with E-state index < -0.39 is 0 Å². The van der Waals surface area contributed by atoms with Crippen LogP contribution in [0.1, 0.15) is 11.1 Å². The molecule has 132 valence electrons. The minimum atomic E-state index is 0.263. The number of hydrogen-bond donors (Lipinski definition) is 1. The molecule has 0 spiro atoms. The Bertz CT molecular complexity index is 940. The van der Waals surface area contributed by atoms with E-state index in [0.29, 0.717) is 12.5 Å². The first-order valence-electron chi connectivity index (χ1n) is 8.51. The number of nitrogens with zero attached hydrogens (tertiary/aromatic N) is 1. The molecule has 3 aromatic rings. The molecular weight excluding hydrogens is 328 g/mol. The normalized spacial score (nSPS) is 12.1. The molecule has 0 amide bonds. The maximum Gasteiger partial charge on any atom is 0.231 e. The molecule has 0 saturated heterocycles. The maximum atomic E-state index is 5.96. The molecule has 0 atom stereocenters. The van der Waals surface area contributed by atoms with Crippen LogP contribution in [-0.2, 0) is 6.61 Å². The zero-order valence-electron chi connectivity index (χ0n) is 14.8. The molecule has 4 rings (SSSR count). The number of rotatable bonds is 5. The summed E-state index contributed by atoms with van der Waals surface area (Å²) in [7, 11) is 1.91. The number of anilines is 1. The van der Waals surface area contributed by atoms with E-state index in [1.165, 1.54) is 5.56 Å². The molecule has 5 heteroatoms. The van der Waals surface area contributed by atoms with Gasteiger partial charge in [-0.25, -0.2) is 4.98 Å². The molecule has 0 fully saturated rings. The fraction of sp³-hybridized carbons (Fsp3) is 0.190. The average molecular weight is 348 g/mol. The van der Waals surface area contributed by atoms with E-state index in [-0.39, 0.29) is 6.79 Å². The van der Waals surface area contributed by atoms with Crippen molar-refractivity contribution in [2.24, 2.45) is 0 Å². The number of nitrogens with one attached hydrogen (secondary N) is 1. The van der Waals surface area contributed by atoms with Crippen LogP contribution in [0, 0.1) is 6.92 Å². The lowest BCUT2D eigenvalue weighted by Crippen LogP contribution is -2.04. The third-order valence-electron chi connectivity index (χ3n) is 4.44. The quantitative estimate of drug-likeness (QED) is 0.740. The lowest BCUT2D eigenvalue weighted by Gasteiger charge is -2.13. The molecule has 26 heavy (non-hydrogen) atoms. The smallest absolute Gasteiger partial charge is 0.231 e. The fourth-order valence-corrected chi connectivity index (χ4v) is 2.99. The Labute approximate surface area is 152 Å². The summed E-state index contributed by atoms with van der Waals surface area (Å²) in [6.45, 7) is 2.80. The molecule has 0 aliphatic carbocycles. The van der Waals surface area contributed by atoms with Crippen molar-refractivity contribution in [1.29, 1.82) is 0 Å². The fourth-order valence-electron chi connectivity index (χ4n) is 2.99. The zero-order valence-corrected chi connectivity index (χ0v) is 14.8. The Morgan fingerprint density at radius 3 is 2.77 bits per heavy atom. The Morgan fingerprint density at radius 1 is 1.04 bits per heavy atom. The van der Waals surface area contributed by atoms with Gasteiger partial charge >= 0.3 is 0 Å². The van der Waals surface area contributed by atoms with Gasteiger partial charge in [0.15, 0.2) is 11.5 Å². The SMILES string of the molecule is CNc1cccc(C)c1COc1cccc(-c2ccc3c(c2)OCO3)n1. The van der Waals surface area contributed by atoms with Crippen LogP contribution >= 0.6 is 0 Å². The number of benzene rings is 2. The molecule has 0 bridgehead atoms. The van der Waals surface area contributed by atoms with Gasteiger partial charge in [-0.1, -0.05) is 18.2 Å². The number of hydrogen-bond acceptors (Lipinski definition) is 5. The van der Waals surface area contributed by atoms with Crippen LogP contribution < -0.4 is 19.5 Å². The third kappa shape index (κ3) is 3.16. The predicted molar refractivity (Wildman–Crippen MR) is 101 cm³/mol. The van der Waals surface area contributed by atoms with Gasteiger partial charge < -0.3 is 19.5 Å². The molecular formula is C21H20N2O3. The van der Waals surface area contributed by atoms with Gasteiger partial charge in [0.05, 0.1) is 5.69 Å². The van der Waals surface area contributed by atoms with Crippen LogP contribution in [0.5, 0.6) is 17.4 Å². The van der Waals surface area contributed by atoms with Gasteiger partial charge in [0.1, 0.15) is 6.61 Å². The molecule has 0 unspecified atom stereocenters. The highest BCUT2D eigenvalue weighted by molar-refractivity contribution is 5.64. The summed E-state index contributed by atoms with van der Waals surface area (Å²) >= 11 is 0. The lowest BCUT2D eigenvalue weighted by atomic mass is 10.1. The minimum absolute atomic E-state index is 0.263. The summed E-state index contributed by atoms with van der Waals surface area (Å²) in [6.07, 6.45) is 0. The summed E-state index contributed by atoms with van der Waals surface area (Å²) in [5.74, 6) is 2.10. The van der Waals surface area contributed by atoms with Gasteiger partial charge in [-0.3, -0.25) is 0 Å². The van der Waals surface area contributed by atoms with Gasteiger partial charge in [-0.2, -0.15) is 0 Å². The second-order valence-corrected chi connectivity index (χ2v) is 6.07. The van der Waals surface area contributed by atoms with Gasteiger partial charge in [-0.05, 0) is 42.8 Å². The number of aromatic nitrogens is 1. The number of ether oxygens (including phenoxy) is 3. The van der Waals surface area contributed by atoms with Crippen LogP contribution in [0.15, 0.2) is 54.6 Å². The largest absolute Gasteiger partial charge is 0.473 e. The van der Waals surface area contributed by atoms with E-state index in [2.05, 4.69) is 23.3 Å². The van der Waals surface area contributed by atoms with Crippen molar-refractivity contribution >= 4 is 5.69 Å².